The van der Waals surface area contributed by atoms with E-state index < -0.39 is 11.7 Å². The molecule has 0 unspecified atom stereocenters. The third kappa shape index (κ3) is 4.10. The number of methoxy groups -OCH3 is 1. The molecule has 1 amide bonds. The Labute approximate surface area is 121 Å². The molecule has 5 nitrogen and oxygen atoms in total. The topological polar surface area (TPSA) is 73.6 Å². The van der Waals surface area contributed by atoms with E-state index >= 15 is 0 Å². The van der Waals surface area contributed by atoms with Crippen molar-refractivity contribution in [3.05, 3.63) is 48.3 Å². The lowest BCUT2D eigenvalue weighted by Crippen LogP contribution is -2.20. The summed E-state index contributed by atoms with van der Waals surface area (Å²) in [5.41, 5.74) is 6.47. The van der Waals surface area contributed by atoms with E-state index in [1.165, 1.54) is 19.2 Å². The Hall–Kier alpha value is -2.76. The quantitative estimate of drug-likeness (QED) is 0.829. The summed E-state index contributed by atoms with van der Waals surface area (Å²) in [6, 6.07) is 10.9. The second-order valence-electron chi connectivity index (χ2n) is 4.26. The van der Waals surface area contributed by atoms with Crippen molar-refractivity contribution < 1.29 is 18.7 Å². The summed E-state index contributed by atoms with van der Waals surface area (Å²) in [6.45, 7) is -0.197. The minimum absolute atomic E-state index is 0.115. The summed E-state index contributed by atoms with van der Waals surface area (Å²) in [5.74, 6) is -0.343. The van der Waals surface area contributed by atoms with Gasteiger partial charge < -0.3 is 20.5 Å². The molecule has 0 saturated carbocycles. The predicted octanol–water partition coefficient (Wildman–Crippen LogP) is 2.43. The molecule has 2 aromatic carbocycles. The average molecular weight is 290 g/mol. The summed E-state index contributed by atoms with van der Waals surface area (Å²) in [4.78, 5) is 11.7. The maximum Gasteiger partial charge on any atom is 0.262 e. The van der Waals surface area contributed by atoms with Crippen molar-refractivity contribution in [1.82, 2.24) is 0 Å². The van der Waals surface area contributed by atoms with Crippen molar-refractivity contribution in [3.63, 3.8) is 0 Å². The summed E-state index contributed by atoms with van der Waals surface area (Å²) >= 11 is 0. The number of nitrogens with one attached hydrogen (secondary N) is 1. The van der Waals surface area contributed by atoms with E-state index in [1.54, 1.807) is 30.3 Å². The Balaban J connectivity index is 1.91. The highest BCUT2D eigenvalue weighted by atomic mass is 19.1. The number of amides is 1. The Morgan fingerprint density at radius 2 is 2.10 bits per heavy atom. The molecular formula is C15H15FN2O3. The molecule has 21 heavy (non-hydrogen) atoms. The van der Waals surface area contributed by atoms with Gasteiger partial charge in [-0.05, 0) is 24.3 Å². The molecule has 0 aliphatic heterocycles. The molecule has 0 atom stereocenters. The summed E-state index contributed by atoms with van der Waals surface area (Å²) in [7, 11) is 1.37. The molecule has 0 heterocycles. The van der Waals surface area contributed by atoms with Crippen LogP contribution in [0.25, 0.3) is 0 Å². The number of rotatable bonds is 5. The molecule has 0 aromatic heterocycles. The van der Waals surface area contributed by atoms with Crippen LogP contribution in [0.15, 0.2) is 42.5 Å². The van der Waals surface area contributed by atoms with Crippen LogP contribution in [0, 0.1) is 5.82 Å². The standard InChI is InChI=1S/C15H15FN2O3/c1-20-14-6-5-11(8-13(14)16)18-15(19)9-21-12-4-2-3-10(17)7-12/h2-8H,9,17H2,1H3,(H,18,19). The lowest BCUT2D eigenvalue weighted by molar-refractivity contribution is -0.118. The summed E-state index contributed by atoms with van der Waals surface area (Å²) in [5, 5.41) is 2.53. The van der Waals surface area contributed by atoms with Gasteiger partial charge in [-0.15, -0.1) is 0 Å². The minimum Gasteiger partial charge on any atom is -0.494 e. The second kappa shape index (κ2) is 6.60. The van der Waals surface area contributed by atoms with Gasteiger partial charge in [-0.3, -0.25) is 4.79 Å². The fourth-order valence-electron chi connectivity index (χ4n) is 1.69. The van der Waals surface area contributed by atoms with Crippen LogP contribution < -0.4 is 20.5 Å². The van der Waals surface area contributed by atoms with Gasteiger partial charge >= 0.3 is 0 Å². The first-order chi connectivity index (χ1) is 10.1. The number of carbonyl (C=O) groups is 1. The van der Waals surface area contributed by atoms with Gasteiger partial charge in [0.1, 0.15) is 5.75 Å². The van der Waals surface area contributed by atoms with Crippen molar-refractivity contribution >= 4 is 17.3 Å². The normalized spacial score (nSPS) is 10.0. The van der Waals surface area contributed by atoms with Crippen LogP contribution in [0.3, 0.4) is 0 Å². The van der Waals surface area contributed by atoms with E-state index in [1.807, 2.05) is 0 Å². The van der Waals surface area contributed by atoms with E-state index in [0.717, 1.165) is 0 Å². The van der Waals surface area contributed by atoms with Gasteiger partial charge in [0.05, 0.1) is 7.11 Å². The summed E-state index contributed by atoms with van der Waals surface area (Å²) in [6.07, 6.45) is 0. The summed E-state index contributed by atoms with van der Waals surface area (Å²) < 4.78 is 23.6. The fourth-order valence-corrected chi connectivity index (χ4v) is 1.69. The van der Waals surface area contributed by atoms with Gasteiger partial charge in [0.15, 0.2) is 18.2 Å². The van der Waals surface area contributed by atoms with Gasteiger partial charge in [0.25, 0.3) is 5.91 Å². The molecule has 0 radical (unpaired) electrons. The zero-order valence-electron chi connectivity index (χ0n) is 11.4. The van der Waals surface area contributed by atoms with E-state index in [0.29, 0.717) is 17.1 Å². The molecule has 110 valence electrons. The first-order valence-electron chi connectivity index (χ1n) is 6.20. The number of nitrogens with two attached hydrogens (primary N) is 1. The van der Waals surface area contributed by atoms with Crippen molar-refractivity contribution in [2.45, 2.75) is 0 Å². The molecule has 2 aromatic rings. The Morgan fingerprint density at radius 3 is 2.76 bits per heavy atom. The predicted molar refractivity (Wildman–Crippen MR) is 77.9 cm³/mol. The highest BCUT2D eigenvalue weighted by molar-refractivity contribution is 5.91. The number of benzene rings is 2. The lowest BCUT2D eigenvalue weighted by atomic mass is 10.3. The maximum absolute atomic E-state index is 13.5. The van der Waals surface area contributed by atoms with E-state index in [-0.39, 0.29) is 12.4 Å². The number of hydrogen-bond acceptors (Lipinski definition) is 4. The maximum atomic E-state index is 13.5. The SMILES string of the molecule is COc1ccc(NC(=O)COc2cccc(N)c2)cc1F. The molecule has 6 heteroatoms. The van der Waals surface area contributed by atoms with E-state index in [9.17, 15) is 9.18 Å². The number of carbonyl (C=O) groups excluding carboxylic acids is 1. The minimum atomic E-state index is -0.549. The van der Waals surface area contributed by atoms with Crippen LogP contribution in [0.5, 0.6) is 11.5 Å². The lowest BCUT2D eigenvalue weighted by Gasteiger charge is -2.09. The third-order valence-electron chi connectivity index (χ3n) is 2.66. The molecule has 0 spiro atoms. The smallest absolute Gasteiger partial charge is 0.262 e. The molecule has 0 bridgehead atoms. The molecule has 0 fully saturated rings. The first-order valence-corrected chi connectivity index (χ1v) is 6.20. The molecular weight excluding hydrogens is 275 g/mol. The van der Waals surface area contributed by atoms with Gasteiger partial charge in [0, 0.05) is 23.5 Å². The monoisotopic (exact) mass is 290 g/mol. The van der Waals surface area contributed by atoms with E-state index in [2.05, 4.69) is 5.32 Å². The molecule has 3 N–H and O–H groups in total. The van der Waals surface area contributed by atoms with Crippen molar-refractivity contribution in [3.8, 4) is 11.5 Å². The third-order valence-corrected chi connectivity index (χ3v) is 2.66. The van der Waals surface area contributed by atoms with Crippen LogP contribution in [-0.2, 0) is 4.79 Å². The fraction of sp³-hybridized carbons (Fsp3) is 0.133. The zero-order valence-corrected chi connectivity index (χ0v) is 11.4. The molecule has 0 saturated heterocycles. The molecule has 2 rings (SSSR count). The second-order valence-corrected chi connectivity index (χ2v) is 4.26. The number of anilines is 2. The Morgan fingerprint density at radius 1 is 1.29 bits per heavy atom. The van der Waals surface area contributed by atoms with Crippen LogP contribution in [0.1, 0.15) is 0 Å². The number of hydrogen-bond donors (Lipinski definition) is 2. The van der Waals surface area contributed by atoms with Gasteiger partial charge in [-0.2, -0.15) is 0 Å². The molecule has 0 aliphatic carbocycles. The number of halogens is 1. The zero-order chi connectivity index (χ0) is 15.2. The first kappa shape index (κ1) is 14.6. The van der Waals surface area contributed by atoms with Gasteiger partial charge in [0.2, 0.25) is 0 Å². The van der Waals surface area contributed by atoms with Crippen LogP contribution in [0.4, 0.5) is 15.8 Å². The van der Waals surface area contributed by atoms with Crippen molar-refractivity contribution in [1.29, 1.82) is 0 Å². The van der Waals surface area contributed by atoms with Crippen molar-refractivity contribution in [2.24, 2.45) is 0 Å². The largest absolute Gasteiger partial charge is 0.494 e. The van der Waals surface area contributed by atoms with Gasteiger partial charge in [-0.25, -0.2) is 4.39 Å². The highest BCUT2D eigenvalue weighted by Crippen LogP contribution is 2.20. The van der Waals surface area contributed by atoms with Crippen LogP contribution in [-0.4, -0.2) is 19.6 Å². The Bertz CT molecular complexity index is 647. The highest BCUT2D eigenvalue weighted by Gasteiger charge is 2.07. The van der Waals surface area contributed by atoms with Gasteiger partial charge in [-0.1, -0.05) is 6.07 Å². The van der Waals surface area contributed by atoms with Crippen molar-refractivity contribution in [2.75, 3.05) is 24.8 Å². The average Bonchev–Trinajstić information content (AvgIpc) is 2.45. The van der Waals surface area contributed by atoms with E-state index in [4.69, 9.17) is 15.2 Å². The number of ether oxygens (including phenoxy) is 2. The Kier molecular flexibility index (Phi) is 4.61. The number of nitrogen functional groups attached to an aromatic ring is 1. The van der Waals surface area contributed by atoms with Crippen LogP contribution >= 0.6 is 0 Å². The van der Waals surface area contributed by atoms with Crippen LogP contribution in [0.2, 0.25) is 0 Å². The molecule has 0 aliphatic rings.